The fraction of sp³-hybridized carbons (Fsp3) is 0.222. The van der Waals surface area contributed by atoms with Crippen LogP contribution in [0.4, 0.5) is 4.79 Å². The Bertz CT molecular complexity index is 1050. The summed E-state index contributed by atoms with van der Waals surface area (Å²) in [6.45, 7) is -0.187. The Balaban J connectivity index is 1.49. The summed E-state index contributed by atoms with van der Waals surface area (Å²) >= 11 is 11.9. The van der Waals surface area contributed by atoms with E-state index in [2.05, 4.69) is 4.74 Å². The summed E-state index contributed by atoms with van der Waals surface area (Å²) in [6, 6.07) is 11.1. The van der Waals surface area contributed by atoms with Gasteiger partial charge in [0.1, 0.15) is 0 Å². The molecule has 0 radical (unpaired) electrons. The SMILES string of the molecule is O=C1COC(=O)N1C1CN(S(=O)(=O)c2ccc(-c3ccc(Cl)c(Cl)c3)cc2)C1. The molecule has 146 valence electrons. The molecule has 0 N–H and O–H groups in total. The molecule has 0 bridgehead atoms. The minimum absolute atomic E-state index is 0.0533. The van der Waals surface area contributed by atoms with Gasteiger partial charge in [-0.25, -0.2) is 18.1 Å². The molecule has 2 aliphatic heterocycles. The van der Waals surface area contributed by atoms with Crippen molar-refractivity contribution in [2.24, 2.45) is 0 Å². The number of hydrogen-bond donors (Lipinski definition) is 0. The zero-order chi connectivity index (χ0) is 20.1. The second-order valence-electron chi connectivity index (χ2n) is 6.45. The van der Waals surface area contributed by atoms with Crippen LogP contribution in [0.5, 0.6) is 0 Å². The molecule has 0 aromatic heterocycles. The van der Waals surface area contributed by atoms with Gasteiger partial charge in [-0.2, -0.15) is 4.31 Å². The van der Waals surface area contributed by atoms with Crippen LogP contribution in [-0.4, -0.2) is 55.4 Å². The van der Waals surface area contributed by atoms with Crippen LogP contribution >= 0.6 is 23.2 Å². The number of halogens is 2. The number of amides is 2. The summed E-state index contributed by atoms with van der Waals surface area (Å²) in [5, 5.41) is 0.856. The van der Waals surface area contributed by atoms with Crippen molar-refractivity contribution >= 4 is 45.2 Å². The van der Waals surface area contributed by atoms with E-state index in [0.717, 1.165) is 16.0 Å². The second kappa shape index (κ2) is 7.04. The fourth-order valence-electron chi connectivity index (χ4n) is 3.14. The van der Waals surface area contributed by atoms with E-state index in [9.17, 15) is 18.0 Å². The molecule has 28 heavy (non-hydrogen) atoms. The van der Waals surface area contributed by atoms with Gasteiger partial charge in [0.25, 0.3) is 5.91 Å². The third-order valence-corrected chi connectivity index (χ3v) is 7.31. The van der Waals surface area contributed by atoms with Crippen LogP contribution in [-0.2, 0) is 19.6 Å². The quantitative estimate of drug-likeness (QED) is 0.729. The number of ether oxygens (including phenoxy) is 1. The number of hydrogen-bond acceptors (Lipinski definition) is 5. The molecule has 4 rings (SSSR count). The van der Waals surface area contributed by atoms with Gasteiger partial charge in [0.05, 0.1) is 21.0 Å². The maximum atomic E-state index is 12.8. The maximum Gasteiger partial charge on any atom is 0.417 e. The molecule has 2 heterocycles. The van der Waals surface area contributed by atoms with Crippen LogP contribution in [0.2, 0.25) is 10.0 Å². The minimum atomic E-state index is -3.72. The third kappa shape index (κ3) is 3.26. The largest absolute Gasteiger partial charge is 0.439 e. The van der Waals surface area contributed by atoms with Crippen molar-refractivity contribution in [1.82, 2.24) is 9.21 Å². The molecule has 2 amide bonds. The second-order valence-corrected chi connectivity index (χ2v) is 9.20. The molecular formula is C18H14Cl2N2O5S. The highest BCUT2D eigenvalue weighted by Gasteiger charge is 2.46. The number of sulfonamides is 1. The van der Waals surface area contributed by atoms with Gasteiger partial charge in [-0.1, -0.05) is 41.4 Å². The molecule has 2 fully saturated rings. The average Bonchev–Trinajstić information content (AvgIpc) is 2.95. The smallest absolute Gasteiger partial charge is 0.417 e. The van der Waals surface area contributed by atoms with Gasteiger partial charge < -0.3 is 4.74 Å². The summed E-state index contributed by atoms with van der Waals surface area (Å²) in [6.07, 6.45) is -0.724. The van der Waals surface area contributed by atoms with Crippen LogP contribution < -0.4 is 0 Å². The lowest BCUT2D eigenvalue weighted by molar-refractivity contribution is -0.128. The predicted octanol–water partition coefficient (Wildman–Crippen LogP) is 3.01. The third-order valence-electron chi connectivity index (χ3n) is 4.72. The summed E-state index contributed by atoms with van der Waals surface area (Å²) in [5.74, 6) is -0.446. The summed E-state index contributed by atoms with van der Waals surface area (Å²) in [7, 11) is -3.72. The van der Waals surface area contributed by atoms with Crippen molar-refractivity contribution in [2.45, 2.75) is 10.9 Å². The van der Waals surface area contributed by atoms with Crippen LogP contribution in [0, 0.1) is 0 Å². The van der Waals surface area contributed by atoms with E-state index in [1.807, 2.05) is 0 Å². The minimum Gasteiger partial charge on any atom is -0.439 e. The number of nitrogens with zero attached hydrogens (tertiary/aromatic N) is 2. The van der Waals surface area contributed by atoms with Crippen molar-refractivity contribution in [1.29, 1.82) is 0 Å². The molecule has 2 saturated heterocycles. The summed E-state index contributed by atoms with van der Waals surface area (Å²) < 4.78 is 31.4. The van der Waals surface area contributed by atoms with Crippen LogP contribution in [0.25, 0.3) is 11.1 Å². The van der Waals surface area contributed by atoms with Gasteiger partial charge in [0.15, 0.2) is 6.61 Å². The monoisotopic (exact) mass is 440 g/mol. The predicted molar refractivity (Wildman–Crippen MR) is 103 cm³/mol. The fourth-order valence-corrected chi connectivity index (χ4v) is 4.95. The van der Waals surface area contributed by atoms with E-state index in [-0.39, 0.29) is 24.6 Å². The van der Waals surface area contributed by atoms with E-state index < -0.39 is 28.1 Å². The Labute approximate surface area is 171 Å². The van der Waals surface area contributed by atoms with Gasteiger partial charge in [0.2, 0.25) is 10.0 Å². The van der Waals surface area contributed by atoms with E-state index in [4.69, 9.17) is 23.2 Å². The lowest BCUT2D eigenvalue weighted by Crippen LogP contribution is -2.62. The van der Waals surface area contributed by atoms with Gasteiger partial charge in [-0.15, -0.1) is 0 Å². The molecule has 0 unspecified atom stereocenters. The molecule has 2 aliphatic rings. The maximum absolute atomic E-state index is 12.8. The van der Waals surface area contributed by atoms with E-state index in [1.54, 1.807) is 30.3 Å². The Hall–Kier alpha value is -2.13. The van der Waals surface area contributed by atoms with E-state index in [1.165, 1.54) is 16.4 Å². The molecule has 0 atom stereocenters. The van der Waals surface area contributed by atoms with Crippen LogP contribution in [0.15, 0.2) is 47.4 Å². The molecule has 7 nitrogen and oxygen atoms in total. The van der Waals surface area contributed by atoms with Gasteiger partial charge >= 0.3 is 6.09 Å². The van der Waals surface area contributed by atoms with Gasteiger partial charge in [0, 0.05) is 13.1 Å². The Morgan fingerprint density at radius 3 is 2.14 bits per heavy atom. The summed E-state index contributed by atoms with van der Waals surface area (Å²) in [4.78, 5) is 24.3. The first-order chi connectivity index (χ1) is 13.3. The van der Waals surface area contributed by atoms with Gasteiger partial charge in [-0.05, 0) is 35.4 Å². The average molecular weight is 441 g/mol. The number of cyclic esters (lactones) is 1. The van der Waals surface area contributed by atoms with Crippen molar-refractivity contribution in [3.05, 3.63) is 52.5 Å². The first-order valence-corrected chi connectivity index (χ1v) is 10.5. The highest BCUT2D eigenvalue weighted by atomic mass is 35.5. The van der Waals surface area contributed by atoms with Crippen molar-refractivity contribution < 1.29 is 22.7 Å². The lowest BCUT2D eigenvalue weighted by Gasteiger charge is -2.40. The zero-order valence-electron chi connectivity index (χ0n) is 14.3. The number of rotatable bonds is 4. The molecule has 0 spiro atoms. The standard InChI is InChI=1S/C18H14Cl2N2O5S/c19-15-6-3-12(7-16(15)20)11-1-4-14(5-2-11)28(25,26)21-8-13(9-21)22-17(23)10-27-18(22)24/h1-7,13H,8-10H2. The van der Waals surface area contributed by atoms with Crippen molar-refractivity contribution in [3.63, 3.8) is 0 Å². The highest BCUT2D eigenvalue weighted by molar-refractivity contribution is 7.89. The van der Waals surface area contributed by atoms with E-state index >= 15 is 0 Å². The Morgan fingerprint density at radius 2 is 1.57 bits per heavy atom. The lowest BCUT2D eigenvalue weighted by atomic mass is 10.1. The van der Waals surface area contributed by atoms with Crippen LogP contribution in [0.3, 0.4) is 0 Å². The van der Waals surface area contributed by atoms with Crippen molar-refractivity contribution in [2.75, 3.05) is 19.7 Å². The molecule has 0 aliphatic carbocycles. The zero-order valence-corrected chi connectivity index (χ0v) is 16.7. The van der Waals surface area contributed by atoms with Gasteiger partial charge in [-0.3, -0.25) is 4.79 Å². The van der Waals surface area contributed by atoms with E-state index in [0.29, 0.717) is 10.0 Å². The molecular weight excluding hydrogens is 427 g/mol. The van der Waals surface area contributed by atoms with Crippen LogP contribution in [0.1, 0.15) is 0 Å². The summed E-state index contributed by atoms with van der Waals surface area (Å²) in [5.41, 5.74) is 1.61. The number of carbonyl (C=O) groups excluding carboxylic acids is 2. The molecule has 2 aromatic rings. The molecule has 2 aromatic carbocycles. The Kier molecular flexibility index (Phi) is 4.83. The molecule has 10 heteroatoms. The Morgan fingerprint density at radius 1 is 0.929 bits per heavy atom. The molecule has 0 saturated carbocycles. The number of imide groups is 1. The normalized spacial score (nSPS) is 18.3. The number of carbonyl (C=O) groups is 2. The topological polar surface area (TPSA) is 84.0 Å². The van der Waals surface area contributed by atoms with Crippen molar-refractivity contribution in [3.8, 4) is 11.1 Å². The highest BCUT2D eigenvalue weighted by Crippen LogP contribution is 2.31. The number of benzene rings is 2. The first-order valence-electron chi connectivity index (χ1n) is 8.32. The first kappa shape index (κ1) is 19.2.